The number of nitrogens with one attached hydrogen (secondary N) is 2. The fourth-order valence-corrected chi connectivity index (χ4v) is 3.19. The van der Waals surface area contributed by atoms with Gasteiger partial charge in [0.2, 0.25) is 0 Å². The molecule has 2 aromatic carbocycles. The average Bonchev–Trinajstić information content (AvgIpc) is 2.96. The summed E-state index contributed by atoms with van der Waals surface area (Å²) in [4.78, 5) is 0. The van der Waals surface area contributed by atoms with E-state index in [0.717, 1.165) is 27.2 Å². The van der Waals surface area contributed by atoms with Gasteiger partial charge in [0.1, 0.15) is 0 Å². The smallest absolute Gasteiger partial charge is 0.176 e. The summed E-state index contributed by atoms with van der Waals surface area (Å²) in [5, 5.41) is 12.0. The van der Waals surface area contributed by atoms with Gasteiger partial charge in [0, 0.05) is 16.9 Å². The number of aromatic nitrogens is 2. The summed E-state index contributed by atoms with van der Waals surface area (Å²) in [6.45, 7) is 2.78. The molecule has 0 spiro atoms. The zero-order valence-corrected chi connectivity index (χ0v) is 17.3. The summed E-state index contributed by atoms with van der Waals surface area (Å²) in [6.07, 6.45) is 2.93. The first-order valence-corrected chi connectivity index (χ1v) is 9.75. The molecule has 4 nitrogen and oxygen atoms in total. The molecule has 0 fully saturated rings. The Morgan fingerprint density at radius 3 is 2.38 bits per heavy atom. The van der Waals surface area contributed by atoms with E-state index in [9.17, 15) is 0 Å². The van der Waals surface area contributed by atoms with Gasteiger partial charge in [-0.2, -0.15) is 5.10 Å². The van der Waals surface area contributed by atoms with Crippen molar-refractivity contribution < 1.29 is 0 Å². The molecule has 1 heterocycles. The lowest BCUT2D eigenvalue weighted by Gasteiger charge is -2.09. The maximum absolute atomic E-state index is 5.92. The van der Waals surface area contributed by atoms with Gasteiger partial charge in [-0.25, -0.2) is 0 Å². The molecule has 2 N–H and O–H groups in total. The zero-order valence-electron chi connectivity index (χ0n) is 14.2. The Labute approximate surface area is 171 Å². The van der Waals surface area contributed by atoms with Crippen LogP contribution in [0.25, 0.3) is 0 Å². The number of benzene rings is 2. The third-order valence-electron chi connectivity index (χ3n) is 3.83. The standard InChI is InChI=1S/C19H18BrClN4S/c1-2-13-5-9-16(10-6-13)22-19(26)23-18-17(20)12-25(24-18)11-14-3-7-15(21)8-4-14/h3-10,12H,2,11H2,1H3,(H2,22,23,24,26). The van der Waals surface area contributed by atoms with Crippen LogP contribution < -0.4 is 10.6 Å². The van der Waals surface area contributed by atoms with Crippen molar-refractivity contribution in [1.29, 1.82) is 0 Å². The van der Waals surface area contributed by atoms with Crippen LogP contribution >= 0.6 is 39.7 Å². The number of hydrogen-bond acceptors (Lipinski definition) is 2. The molecule has 0 aliphatic heterocycles. The fourth-order valence-electron chi connectivity index (χ4n) is 2.43. The van der Waals surface area contributed by atoms with Crippen molar-refractivity contribution in [3.05, 3.63) is 75.4 Å². The molecule has 0 saturated heterocycles. The highest BCUT2D eigenvalue weighted by molar-refractivity contribution is 9.10. The molecule has 0 radical (unpaired) electrons. The fraction of sp³-hybridized carbons (Fsp3) is 0.158. The molecule has 7 heteroatoms. The van der Waals surface area contributed by atoms with Gasteiger partial charge in [0.05, 0.1) is 11.0 Å². The Kier molecular flexibility index (Phi) is 6.29. The molecular formula is C19H18BrClN4S. The first-order chi connectivity index (χ1) is 12.5. The molecular weight excluding hydrogens is 432 g/mol. The molecule has 3 aromatic rings. The van der Waals surface area contributed by atoms with E-state index in [0.29, 0.717) is 17.5 Å². The molecule has 0 aliphatic rings. The molecule has 0 atom stereocenters. The van der Waals surface area contributed by atoms with Crippen molar-refractivity contribution in [2.24, 2.45) is 0 Å². The van der Waals surface area contributed by atoms with Crippen molar-refractivity contribution in [2.45, 2.75) is 19.9 Å². The predicted octanol–water partition coefficient (Wildman–Crippen LogP) is 5.72. The van der Waals surface area contributed by atoms with Gasteiger partial charge < -0.3 is 10.6 Å². The van der Waals surface area contributed by atoms with E-state index in [1.807, 2.05) is 47.3 Å². The first kappa shape index (κ1) is 18.9. The second kappa shape index (κ2) is 8.66. The number of aryl methyl sites for hydroxylation is 1. The van der Waals surface area contributed by atoms with Crippen molar-refractivity contribution >= 4 is 56.4 Å². The number of anilines is 2. The number of hydrogen-bond donors (Lipinski definition) is 2. The molecule has 0 bridgehead atoms. The van der Waals surface area contributed by atoms with Crippen LogP contribution in [0.1, 0.15) is 18.1 Å². The second-order valence-corrected chi connectivity index (χ2v) is 7.48. The monoisotopic (exact) mass is 448 g/mol. The third-order valence-corrected chi connectivity index (χ3v) is 4.86. The van der Waals surface area contributed by atoms with Crippen LogP contribution in [0.2, 0.25) is 5.02 Å². The van der Waals surface area contributed by atoms with Crippen LogP contribution in [-0.2, 0) is 13.0 Å². The summed E-state index contributed by atoms with van der Waals surface area (Å²) in [6, 6.07) is 15.9. The number of nitrogens with zero attached hydrogens (tertiary/aromatic N) is 2. The highest BCUT2D eigenvalue weighted by atomic mass is 79.9. The van der Waals surface area contributed by atoms with E-state index in [2.05, 4.69) is 50.7 Å². The molecule has 0 unspecified atom stereocenters. The Bertz CT molecular complexity index is 891. The summed E-state index contributed by atoms with van der Waals surface area (Å²) in [5.41, 5.74) is 3.35. The molecule has 1 aromatic heterocycles. The van der Waals surface area contributed by atoms with Crippen LogP contribution in [0.4, 0.5) is 11.5 Å². The maximum Gasteiger partial charge on any atom is 0.176 e. The van der Waals surface area contributed by atoms with Gasteiger partial charge in [-0.05, 0) is 70.0 Å². The van der Waals surface area contributed by atoms with E-state index in [4.69, 9.17) is 23.8 Å². The molecule has 0 saturated carbocycles. The number of rotatable bonds is 5. The average molecular weight is 450 g/mol. The minimum absolute atomic E-state index is 0.492. The predicted molar refractivity (Wildman–Crippen MR) is 116 cm³/mol. The normalized spacial score (nSPS) is 10.6. The quantitative estimate of drug-likeness (QED) is 0.489. The minimum Gasteiger partial charge on any atom is -0.332 e. The molecule has 3 rings (SSSR count). The van der Waals surface area contributed by atoms with Gasteiger partial charge in [-0.1, -0.05) is 42.8 Å². The van der Waals surface area contributed by atoms with Crippen LogP contribution in [0.3, 0.4) is 0 Å². The van der Waals surface area contributed by atoms with Crippen LogP contribution in [0.15, 0.2) is 59.2 Å². The molecule has 134 valence electrons. The SMILES string of the molecule is CCc1ccc(NC(=S)Nc2nn(Cc3ccc(Cl)cc3)cc2Br)cc1. The highest BCUT2D eigenvalue weighted by Gasteiger charge is 2.09. The molecule has 0 amide bonds. The molecule has 26 heavy (non-hydrogen) atoms. The van der Waals surface area contributed by atoms with E-state index >= 15 is 0 Å². The molecule has 0 aliphatic carbocycles. The van der Waals surface area contributed by atoms with E-state index < -0.39 is 0 Å². The summed E-state index contributed by atoms with van der Waals surface area (Å²) in [7, 11) is 0. The van der Waals surface area contributed by atoms with Crippen LogP contribution in [0, 0.1) is 0 Å². The Hall–Kier alpha value is -1.89. The lowest BCUT2D eigenvalue weighted by molar-refractivity contribution is 0.689. The van der Waals surface area contributed by atoms with Crippen molar-refractivity contribution in [3.8, 4) is 0 Å². The van der Waals surface area contributed by atoms with Gasteiger partial charge >= 0.3 is 0 Å². The summed E-state index contributed by atoms with van der Waals surface area (Å²) < 4.78 is 2.69. The lowest BCUT2D eigenvalue weighted by Crippen LogP contribution is -2.19. The van der Waals surface area contributed by atoms with Gasteiger partial charge in [-0.15, -0.1) is 0 Å². The summed E-state index contributed by atoms with van der Waals surface area (Å²) in [5.74, 6) is 0.668. The van der Waals surface area contributed by atoms with Crippen molar-refractivity contribution in [3.63, 3.8) is 0 Å². The van der Waals surface area contributed by atoms with Gasteiger partial charge in [0.25, 0.3) is 0 Å². The second-order valence-electron chi connectivity index (χ2n) is 5.78. The van der Waals surface area contributed by atoms with E-state index in [1.54, 1.807) is 0 Å². The van der Waals surface area contributed by atoms with Crippen molar-refractivity contribution in [2.75, 3.05) is 10.6 Å². The minimum atomic E-state index is 0.492. The largest absolute Gasteiger partial charge is 0.332 e. The van der Waals surface area contributed by atoms with Crippen LogP contribution in [-0.4, -0.2) is 14.9 Å². The first-order valence-electron chi connectivity index (χ1n) is 8.18. The Morgan fingerprint density at radius 2 is 1.73 bits per heavy atom. The summed E-state index contributed by atoms with van der Waals surface area (Å²) >= 11 is 14.8. The van der Waals surface area contributed by atoms with Gasteiger partial charge in [0.15, 0.2) is 10.9 Å². The highest BCUT2D eigenvalue weighted by Crippen LogP contribution is 2.21. The topological polar surface area (TPSA) is 41.9 Å². The lowest BCUT2D eigenvalue weighted by atomic mass is 10.1. The van der Waals surface area contributed by atoms with E-state index in [-0.39, 0.29) is 0 Å². The number of thiocarbonyl (C=S) groups is 1. The van der Waals surface area contributed by atoms with Crippen LogP contribution in [0.5, 0.6) is 0 Å². The Morgan fingerprint density at radius 1 is 1.08 bits per heavy atom. The van der Waals surface area contributed by atoms with Crippen molar-refractivity contribution in [1.82, 2.24) is 9.78 Å². The van der Waals surface area contributed by atoms with E-state index in [1.165, 1.54) is 5.56 Å². The zero-order chi connectivity index (χ0) is 18.5. The Balaban J connectivity index is 1.62. The number of halogens is 2. The maximum atomic E-state index is 5.92. The third kappa shape index (κ3) is 5.06. The van der Waals surface area contributed by atoms with Gasteiger partial charge in [-0.3, -0.25) is 4.68 Å².